The van der Waals surface area contributed by atoms with Crippen molar-refractivity contribution in [3.05, 3.63) is 29.3 Å². The van der Waals surface area contributed by atoms with Gasteiger partial charge in [0.15, 0.2) is 5.78 Å². The van der Waals surface area contributed by atoms with Crippen molar-refractivity contribution in [1.82, 2.24) is 0 Å². The third-order valence-electron chi connectivity index (χ3n) is 2.25. The van der Waals surface area contributed by atoms with E-state index in [4.69, 9.17) is 0 Å². The number of carbonyl (C=O) groups is 1. The average Bonchev–Trinajstić information content (AvgIpc) is 2.25. The van der Waals surface area contributed by atoms with Gasteiger partial charge in [-0.25, -0.2) is 0 Å². The minimum atomic E-state index is -4.74. The summed E-state index contributed by atoms with van der Waals surface area (Å²) in [7, 11) is 0. The molecule has 1 aromatic rings. The molecule has 0 aromatic heterocycles. The maximum Gasteiger partial charge on any atom is 0.573 e. The third-order valence-corrected chi connectivity index (χ3v) is 2.25. The van der Waals surface area contributed by atoms with Gasteiger partial charge in [0.1, 0.15) is 5.75 Å². The molecular weight excluding hydrogens is 233 g/mol. The van der Waals surface area contributed by atoms with Crippen LogP contribution in [0.3, 0.4) is 0 Å². The largest absolute Gasteiger partial charge is 0.573 e. The average molecular weight is 246 g/mol. The monoisotopic (exact) mass is 246 g/mol. The fraction of sp³-hybridized carbons (Fsp3) is 0.417. The molecular formula is C12H13F3O2. The zero-order valence-electron chi connectivity index (χ0n) is 9.60. The number of aryl methyl sites for hydroxylation is 1. The van der Waals surface area contributed by atoms with Gasteiger partial charge in [0.25, 0.3) is 0 Å². The fourth-order valence-electron chi connectivity index (χ4n) is 1.42. The van der Waals surface area contributed by atoms with Crippen LogP contribution in [-0.2, 0) is 6.42 Å². The molecule has 0 aliphatic rings. The molecule has 5 heteroatoms. The van der Waals surface area contributed by atoms with E-state index >= 15 is 0 Å². The Morgan fingerprint density at radius 1 is 1.24 bits per heavy atom. The Morgan fingerprint density at radius 3 is 2.35 bits per heavy atom. The number of carbonyl (C=O) groups excluding carboxylic acids is 1. The van der Waals surface area contributed by atoms with E-state index in [1.54, 1.807) is 19.9 Å². The molecule has 0 fully saturated rings. The van der Waals surface area contributed by atoms with Crippen molar-refractivity contribution in [2.45, 2.75) is 33.1 Å². The number of rotatable bonds is 4. The standard InChI is InChI=1S/C12H13F3O2/c1-3-8-5-9(11(16)4-2)7-10(6-8)17-12(13,14)15/h5-7H,3-4H2,1-2H3. The number of benzene rings is 1. The molecule has 0 radical (unpaired) electrons. The molecule has 17 heavy (non-hydrogen) atoms. The van der Waals surface area contributed by atoms with Gasteiger partial charge >= 0.3 is 6.36 Å². The predicted molar refractivity (Wildman–Crippen MR) is 57.1 cm³/mol. The van der Waals surface area contributed by atoms with Crippen molar-refractivity contribution >= 4 is 5.78 Å². The van der Waals surface area contributed by atoms with E-state index in [0.717, 1.165) is 6.07 Å². The first-order chi connectivity index (χ1) is 7.85. The number of halogens is 3. The molecule has 2 nitrogen and oxygen atoms in total. The second-order valence-electron chi connectivity index (χ2n) is 3.54. The number of hydrogen-bond donors (Lipinski definition) is 0. The molecule has 0 amide bonds. The van der Waals surface area contributed by atoms with Gasteiger partial charge < -0.3 is 4.74 Å². The Kier molecular flexibility index (Phi) is 4.15. The maximum absolute atomic E-state index is 12.1. The first kappa shape index (κ1) is 13.5. The summed E-state index contributed by atoms with van der Waals surface area (Å²) in [6.45, 7) is 3.46. The Balaban J connectivity index is 3.09. The second kappa shape index (κ2) is 5.21. The van der Waals surface area contributed by atoms with Gasteiger partial charge in [0.05, 0.1) is 0 Å². The maximum atomic E-state index is 12.1. The molecule has 0 saturated heterocycles. The number of alkyl halides is 3. The lowest BCUT2D eigenvalue weighted by Gasteiger charge is -2.11. The summed E-state index contributed by atoms with van der Waals surface area (Å²) >= 11 is 0. The van der Waals surface area contributed by atoms with Crippen LogP contribution in [0.4, 0.5) is 13.2 Å². The van der Waals surface area contributed by atoms with Crippen molar-refractivity contribution in [2.75, 3.05) is 0 Å². The van der Waals surface area contributed by atoms with Gasteiger partial charge in [-0.05, 0) is 30.2 Å². The Labute approximate surface area is 97.4 Å². The summed E-state index contributed by atoms with van der Waals surface area (Å²) in [5, 5.41) is 0. The zero-order valence-corrected chi connectivity index (χ0v) is 9.60. The van der Waals surface area contributed by atoms with Crippen LogP contribution in [0.2, 0.25) is 0 Å². The van der Waals surface area contributed by atoms with E-state index in [1.807, 2.05) is 0 Å². The van der Waals surface area contributed by atoms with E-state index in [2.05, 4.69) is 4.74 Å². The van der Waals surface area contributed by atoms with E-state index in [1.165, 1.54) is 6.07 Å². The van der Waals surface area contributed by atoms with Crippen molar-refractivity contribution in [2.24, 2.45) is 0 Å². The molecule has 1 rings (SSSR count). The zero-order chi connectivity index (χ0) is 13.1. The number of ketones is 1. The highest BCUT2D eigenvalue weighted by atomic mass is 19.4. The summed E-state index contributed by atoms with van der Waals surface area (Å²) in [5.74, 6) is -0.541. The summed E-state index contributed by atoms with van der Waals surface area (Å²) in [6, 6.07) is 4.01. The molecule has 0 aliphatic carbocycles. The second-order valence-corrected chi connectivity index (χ2v) is 3.54. The summed E-state index contributed by atoms with van der Waals surface area (Å²) in [6.07, 6.45) is -3.95. The SMILES string of the molecule is CCC(=O)c1cc(CC)cc(OC(F)(F)F)c1. The van der Waals surface area contributed by atoms with E-state index in [0.29, 0.717) is 12.0 Å². The third kappa shape index (κ3) is 4.09. The molecule has 0 unspecified atom stereocenters. The molecule has 1 aromatic carbocycles. The molecule has 0 bridgehead atoms. The van der Waals surface area contributed by atoms with Crippen molar-refractivity contribution in [1.29, 1.82) is 0 Å². The number of hydrogen-bond acceptors (Lipinski definition) is 2. The van der Waals surface area contributed by atoms with Gasteiger partial charge in [-0.2, -0.15) is 0 Å². The molecule has 0 aliphatic heterocycles. The van der Waals surface area contributed by atoms with Crippen molar-refractivity contribution in [3.63, 3.8) is 0 Å². The van der Waals surface area contributed by atoms with Crippen LogP contribution in [0.1, 0.15) is 36.2 Å². The first-order valence-electron chi connectivity index (χ1n) is 5.28. The van der Waals surface area contributed by atoms with Crippen LogP contribution >= 0.6 is 0 Å². The highest BCUT2D eigenvalue weighted by Crippen LogP contribution is 2.25. The first-order valence-corrected chi connectivity index (χ1v) is 5.28. The Bertz CT molecular complexity index is 411. The predicted octanol–water partition coefficient (Wildman–Crippen LogP) is 3.74. The molecule has 0 atom stereocenters. The minimum absolute atomic E-state index is 0.202. The smallest absolute Gasteiger partial charge is 0.406 e. The lowest BCUT2D eigenvalue weighted by atomic mass is 10.0. The quantitative estimate of drug-likeness (QED) is 0.756. The minimum Gasteiger partial charge on any atom is -0.406 e. The van der Waals surface area contributed by atoms with Gasteiger partial charge in [-0.15, -0.1) is 13.2 Å². The van der Waals surface area contributed by atoms with E-state index < -0.39 is 6.36 Å². The van der Waals surface area contributed by atoms with E-state index in [-0.39, 0.29) is 23.5 Å². The summed E-state index contributed by atoms with van der Waals surface area (Å²) < 4.78 is 40.1. The highest BCUT2D eigenvalue weighted by molar-refractivity contribution is 5.96. The summed E-state index contributed by atoms with van der Waals surface area (Å²) in [5.41, 5.74) is 0.898. The highest BCUT2D eigenvalue weighted by Gasteiger charge is 2.31. The van der Waals surface area contributed by atoms with Gasteiger partial charge in [0.2, 0.25) is 0 Å². The molecule has 0 saturated carbocycles. The van der Waals surface area contributed by atoms with Crippen LogP contribution < -0.4 is 4.74 Å². The van der Waals surface area contributed by atoms with Crippen molar-refractivity contribution < 1.29 is 22.7 Å². The molecule has 0 spiro atoms. The lowest BCUT2D eigenvalue weighted by molar-refractivity contribution is -0.274. The van der Waals surface area contributed by atoms with E-state index in [9.17, 15) is 18.0 Å². The van der Waals surface area contributed by atoms with Crippen LogP contribution in [0.5, 0.6) is 5.75 Å². The number of ether oxygens (including phenoxy) is 1. The van der Waals surface area contributed by atoms with Crippen LogP contribution in [0.15, 0.2) is 18.2 Å². The lowest BCUT2D eigenvalue weighted by Crippen LogP contribution is -2.17. The van der Waals surface area contributed by atoms with Gasteiger partial charge in [-0.1, -0.05) is 13.8 Å². The Morgan fingerprint density at radius 2 is 1.88 bits per heavy atom. The topological polar surface area (TPSA) is 26.3 Å². The Hall–Kier alpha value is -1.52. The fourth-order valence-corrected chi connectivity index (χ4v) is 1.42. The van der Waals surface area contributed by atoms with Gasteiger partial charge in [0, 0.05) is 12.0 Å². The van der Waals surface area contributed by atoms with Crippen LogP contribution in [0.25, 0.3) is 0 Å². The number of Topliss-reactive ketones (excluding diaryl/α,β-unsaturated/α-hetero) is 1. The summed E-state index contributed by atoms with van der Waals surface area (Å²) in [4.78, 5) is 11.5. The molecule has 0 heterocycles. The van der Waals surface area contributed by atoms with Crippen LogP contribution in [-0.4, -0.2) is 12.1 Å². The molecule has 94 valence electrons. The molecule has 0 N–H and O–H groups in total. The normalized spacial score (nSPS) is 11.4. The van der Waals surface area contributed by atoms with Crippen molar-refractivity contribution in [3.8, 4) is 5.75 Å². The van der Waals surface area contributed by atoms with Gasteiger partial charge in [-0.3, -0.25) is 4.79 Å². The van der Waals surface area contributed by atoms with Crippen LogP contribution in [0, 0.1) is 0 Å².